The fourth-order valence-electron chi connectivity index (χ4n) is 3.90. The van der Waals surface area contributed by atoms with Gasteiger partial charge in [0.2, 0.25) is 4.77 Å². The van der Waals surface area contributed by atoms with Gasteiger partial charge in [0.15, 0.2) is 0 Å². The highest BCUT2D eigenvalue weighted by Gasteiger charge is 2.20. The van der Waals surface area contributed by atoms with E-state index in [1.807, 2.05) is 33.5 Å². The molecule has 0 N–H and O–H groups in total. The molecule has 1 fully saturated rings. The summed E-state index contributed by atoms with van der Waals surface area (Å²) in [5, 5.41) is 4.53. The van der Waals surface area contributed by atoms with Crippen molar-refractivity contribution in [2.45, 2.75) is 25.9 Å². The number of benzene rings is 2. The van der Waals surface area contributed by atoms with Crippen molar-refractivity contribution in [2.24, 2.45) is 5.92 Å². The summed E-state index contributed by atoms with van der Waals surface area (Å²) in [5.41, 5.74) is 2.36. The predicted octanol–water partition coefficient (Wildman–Crippen LogP) is 4.32. The molecule has 0 radical (unpaired) electrons. The number of likely N-dealkylation sites (tertiary alicyclic amines) is 1. The quantitative estimate of drug-likeness (QED) is 0.583. The molecule has 2 heterocycles. The minimum Gasteiger partial charge on any atom is -0.495 e. The molecule has 28 heavy (non-hydrogen) atoms. The van der Waals surface area contributed by atoms with Crippen LogP contribution in [0.1, 0.15) is 18.4 Å². The maximum atomic E-state index is 5.67. The van der Waals surface area contributed by atoms with E-state index in [1.54, 1.807) is 13.4 Å². The molecule has 0 aliphatic carbocycles. The third kappa shape index (κ3) is 4.18. The van der Waals surface area contributed by atoms with Gasteiger partial charge in [-0.15, -0.1) is 0 Å². The molecule has 0 atom stereocenters. The second-order valence-corrected chi connectivity index (χ2v) is 7.71. The van der Waals surface area contributed by atoms with Crippen molar-refractivity contribution in [3.05, 3.63) is 71.3 Å². The zero-order valence-electron chi connectivity index (χ0n) is 16.2. The van der Waals surface area contributed by atoms with Crippen LogP contribution < -0.4 is 4.74 Å². The lowest BCUT2D eigenvalue weighted by Gasteiger charge is -2.31. The number of piperidine rings is 1. The second kappa shape index (κ2) is 8.71. The molecule has 0 bridgehead atoms. The summed E-state index contributed by atoms with van der Waals surface area (Å²) >= 11 is 5.67. The first-order chi connectivity index (χ1) is 13.7. The summed E-state index contributed by atoms with van der Waals surface area (Å²) in [5.74, 6) is 1.55. The maximum absolute atomic E-state index is 5.67. The highest BCUT2D eigenvalue weighted by Crippen LogP contribution is 2.24. The number of hydrogen-bond acceptors (Lipinski definition) is 4. The minimum atomic E-state index is 0.691. The van der Waals surface area contributed by atoms with Crippen molar-refractivity contribution in [2.75, 3.05) is 20.2 Å². The Morgan fingerprint density at radius 1 is 1.04 bits per heavy atom. The fraction of sp³-hybridized carbons (Fsp3) is 0.364. The molecule has 2 aromatic carbocycles. The zero-order valence-corrected chi connectivity index (χ0v) is 17.0. The van der Waals surface area contributed by atoms with Crippen molar-refractivity contribution in [3.63, 3.8) is 0 Å². The third-order valence-corrected chi connectivity index (χ3v) is 5.89. The van der Waals surface area contributed by atoms with Gasteiger partial charge in [0.05, 0.1) is 19.5 Å². The van der Waals surface area contributed by atoms with Crippen LogP contribution in [-0.4, -0.2) is 39.4 Å². The monoisotopic (exact) mass is 394 g/mol. The van der Waals surface area contributed by atoms with Crippen LogP contribution in [-0.2, 0) is 13.1 Å². The van der Waals surface area contributed by atoms with Crippen LogP contribution in [0.5, 0.6) is 5.75 Å². The molecule has 1 aliphatic heterocycles. The lowest BCUT2D eigenvalue weighted by atomic mass is 9.90. The van der Waals surface area contributed by atoms with Crippen molar-refractivity contribution in [1.29, 1.82) is 0 Å². The molecule has 1 saturated heterocycles. The van der Waals surface area contributed by atoms with Crippen molar-refractivity contribution in [1.82, 2.24) is 19.2 Å². The standard InChI is InChI=1S/C22H26N4OS/c1-27-21-10-6-5-9-20(21)25-16-23-26(22(25)28)17-24-13-11-19(12-14-24)15-18-7-3-2-4-8-18/h2-10,16,19H,11-15,17H2,1H3. The van der Waals surface area contributed by atoms with Gasteiger partial charge in [-0.05, 0) is 55.1 Å². The zero-order chi connectivity index (χ0) is 19.3. The van der Waals surface area contributed by atoms with Crippen LogP contribution in [0, 0.1) is 10.7 Å². The average molecular weight is 395 g/mol. The molecule has 1 aromatic heterocycles. The number of rotatable bonds is 6. The van der Waals surface area contributed by atoms with Gasteiger partial charge in [0, 0.05) is 13.1 Å². The van der Waals surface area contributed by atoms with Crippen LogP contribution in [0.3, 0.4) is 0 Å². The van der Waals surface area contributed by atoms with Gasteiger partial charge >= 0.3 is 0 Å². The Hall–Kier alpha value is -2.44. The van der Waals surface area contributed by atoms with Gasteiger partial charge in [0.25, 0.3) is 0 Å². The van der Waals surface area contributed by atoms with E-state index in [1.165, 1.54) is 24.8 Å². The van der Waals surface area contributed by atoms with Crippen LogP contribution in [0.4, 0.5) is 0 Å². The molecule has 3 aromatic rings. The lowest BCUT2D eigenvalue weighted by Crippen LogP contribution is -2.36. The maximum Gasteiger partial charge on any atom is 0.203 e. The summed E-state index contributed by atoms with van der Waals surface area (Å²) in [6, 6.07) is 18.7. The van der Waals surface area contributed by atoms with Gasteiger partial charge in [-0.3, -0.25) is 9.47 Å². The molecule has 4 rings (SSSR count). The fourth-order valence-corrected chi connectivity index (χ4v) is 4.15. The summed E-state index contributed by atoms with van der Waals surface area (Å²) in [4.78, 5) is 2.44. The Morgan fingerprint density at radius 2 is 1.75 bits per heavy atom. The number of aromatic nitrogens is 3. The van der Waals surface area contributed by atoms with Gasteiger partial charge in [-0.1, -0.05) is 42.5 Å². The number of para-hydroxylation sites is 2. The van der Waals surface area contributed by atoms with Crippen LogP contribution >= 0.6 is 12.2 Å². The largest absolute Gasteiger partial charge is 0.495 e. The molecule has 1 aliphatic rings. The molecule has 0 saturated carbocycles. The summed E-state index contributed by atoms with van der Waals surface area (Å²) in [6.07, 6.45) is 5.39. The highest BCUT2D eigenvalue weighted by molar-refractivity contribution is 7.71. The Kier molecular flexibility index (Phi) is 5.88. The van der Waals surface area contributed by atoms with E-state index < -0.39 is 0 Å². The van der Waals surface area contributed by atoms with Crippen molar-refractivity contribution < 1.29 is 4.74 Å². The normalized spacial score (nSPS) is 15.6. The molecular weight excluding hydrogens is 368 g/mol. The number of ether oxygens (including phenoxy) is 1. The average Bonchev–Trinajstić information content (AvgIpc) is 3.10. The summed E-state index contributed by atoms with van der Waals surface area (Å²) in [6.45, 7) is 2.90. The second-order valence-electron chi connectivity index (χ2n) is 7.35. The van der Waals surface area contributed by atoms with Crippen LogP contribution in [0.2, 0.25) is 0 Å². The third-order valence-electron chi connectivity index (χ3n) is 5.49. The first-order valence-electron chi connectivity index (χ1n) is 9.78. The first-order valence-corrected chi connectivity index (χ1v) is 10.2. The Morgan fingerprint density at radius 3 is 2.50 bits per heavy atom. The first kappa shape index (κ1) is 18.9. The molecule has 5 nitrogen and oxygen atoms in total. The molecule has 6 heteroatoms. The van der Waals surface area contributed by atoms with Crippen LogP contribution in [0.25, 0.3) is 5.69 Å². The van der Waals surface area contributed by atoms with E-state index >= 15 is 0 Å². The molecule has 0 unspecified atom stereocenters. The molecule has 0 spiro atoms. The van der Waals surface area contributed by atoms with Crippen LogP contribution in [0.15, 0.2) is 60.9 Å². The Balaban J connectivity index is 1.38. The van der Waals surface area contributed by atoms with Gasteiger partial charge in [-0.2, -0.15) is 5.10 Å². The van der Waals surface area contributed by atoms with E-state index in [0.29, 0.717) is 4.77 Å². The van der Waals surface area contributed by atoms with Crippen molar-refractivity contribution in [3.8, 4) is 11.4 Å². The minimum absolute atomic E-state index is 0.691. The van der Waals surface area contributed by atoms with E-state index in [-0.39, 0.29) is 0 Å². The molecule has 0 amide bonds. The summed E-state index contributed by atoms with van der Waals surface area (Å²) < 4.78 is 9.97. The Bertz CT molecular complexity index is 958. The van der Waals surface area contributed by atoms with E-state index in [2.05, 4.69) is 40.3 Å². The van der Waals surface area contributed by atoms with Gasteiger partial charge in [-0.25, -0.2) is 4.68 Å². The van der Waals surface area contributed by atoms with E-state index in [9.17, 15) is 0 Å². The van der Waals surface area contributed by atoms with Crippen molar-refractivity contribution >= 4 is 12.2 Å². The van der Waals surface area contributed by atoms with E-state index in [4.69, 9.17) is 17.0 Å². The summed E-state index contributed by atoms with van der Waals surface area (Å²) in [7, 11) is 1.67. The Labute approximate surface area is 171 Å². The number of methoxy groups -OCH3 is 1. The molecule has 146 valence electrons. The van der Waals surface area contributed by atoms with E-state index in [0.717, 1.165) is 37.1 Å². The number of nitrogens with zero attached hydrogens (tertiary/aromatic N) is 4. The SMILES string of the molecule is COc1ccccc1-n1cnn(CN2CCC(Cc3ccccc3)CC2)c1=S. The molecular formula is C22H26N4OS. The predicted molar refractivity (Wildman–Crippen MR) is 113 cm³/mol. The van der Waals surface area contributed by atoms with Gasteiger partial charge < -0.3 is 4.74 Å². The lowest BCUT2D eigenvalue weighted by molar-refractivity contribution is 0.140. The number of hydrogen-bond donors (Lipinski definition) is 0. The highest BCUT2D eigenvalue weighted by atomic mass is 32.1. The van der Waals surface area contributed by atoms with Gasteiger partial charge in [0.1, 0.15) is 12.1 Å². The topological polar surface area (TPSA) is 35.2 Å². The smallest absolute Gasteiger partial charge is 0.203 e.